The Kier molecular flexibility index (Phi) is 3.31. The predicted octanol–water partition coefficient (Wildman–Crippen LogP) is 2.54. The maximum Gasteiger partial charge on any atom is 0.189 e. The van der Waals surface area contributed by atoms with E-state index in [9.17, 15) is 4.39 Å². The second-order valence-corrected chi connectivity index (χ2v) is 4.53. The van der Waals surface area contributed by atoms with E-state index < -0.39 is 0 Å². The molecule has 0 spiro atoms. The number of nitrogens with zero attached hydrogens (tertiary/aromatic N) is 1. The van der Waals surface area contributed by atoms with Crippen molar-refractivity contribution in [2.75, 3.05) is 5.01 Å². The molecule has 1 fully saturated rings. The zero-order chi connectivity index (χ0) is 12.5. The van der Waals surface area contributed by atoms with Crippen LogP contribution >= 0.6 is 12.2 Å². The van der Waals surface area contributed by atoms with Crippen LogP contribution in [0.4, 0.5) is 10.1 Å². The Morgan fingerprint density at radius 2 is 1.82 bits per heavy atom. The summed E-state index contributed by atoms with van der Waals surface area (Å²) in [6, 6.07) is 6.27. The maximum atomic E-state index is 12.9. The fourth-order valence-corrected chi connectivity index (χ4v) is 2.26. The number of benzene rings is 1. The third kappa shape index (κ3) is 2.25. The van der Waals surface area contributed by atoms with Crippen LogP contribution < -0.4 is 15.8 Å². The average Bonchev–Trinajstić information content (AvgIpc) is 2.69. The van der Waals surface area contributed by atoms with E-state index in [4.69, 9.17) is 12.2 Å². The fraction of sp³-hybridized carbons (Fsp3) is 0.417. The first-order chi connectivity index (χ1) is 8.10. The maximum absolute atomic E-state index is 12.9. The van der Waals surface area contributed by atoms with Crippen molar-refractivity contribution in [3.8, 4) is 0 Å². The number of anilines is 1. The molecule has 1 aromatic rings. The Morgan fingerprint density at radius 3 is 2.29 bits per heavy atom. The Balaban J connectivity index is 2.23. The number of nitrogens with one attached hydrogen (secondary N) is 2. The second-order valence-electron chi connectivity index (χ2n) is 4.14. The summed E-state index contributed by atoms with van der Waals surface area (Å²) in [6.07, 6.45) is 1.84. The first kappa shape index (κ1) is 12.3. The highest BCUT2D eigenvalue weighted by atomic mass is 32.1. The van der Waals surface area contributed by atoms with Gasteiger partial charge >= 0.3 is 0 Å². The predicted molar refractivity (Wildman–Crippen MR) is 71.1 cm³/mol. The number of thiocarbonyl (C=S) groups is 1. The van der Waals surface area contributed by atoms with E-state index in [2.05, 4.69) is 24.6 Å². The van der Waals surface area contributed by atoms with E-state index >= 15 is 0 Å². The topological polar surface area (TPSA) is 27.3 Å². The van der Waals surface area contributed by atoms with Crippen LogP contribution in [0.5, 0.6) is 0 Å². The molecule has 1 heterocycles. The van der Waals surface area contributed by atoms with E-state index in [1.165, 1.54) is 12.1 Å². The number of hydrogen-bond donors (Lipinski definition) is 2. The zero-order valence-electron chi connectivity index (χ0n) is 9.96. The molecule has 3 nitrogen and oxygen atoms in total. The summed E-state index contributed by atoms with van der Waals surface area (Å²) < 4.78 is 12.9. The van der Waals surface area contributed by atoms with Gasteiger partial charge < -0.3 is 5.32 Å². The van der Waals surface area contributed by atoms with Gasteiger partial charge in [0.2, 0.25) is 0 Å². The molecule has 2 N–H and O–H groups in total. The molecule has 1 aliphatic heterocycles. The minimum absolute atomic E-state index is 0.189. The lowest BCUT2D eigenvalue weighted by Gasteiger charge is -2.27. The van der Waals surface area contributed by atoms with Crippen molar-refractivity contribution < 1.29 is 4.39 Å². The summed E-state index contributed by atoms with van der Waals surface area (Å²) in [7, 11) is 0. The number of hydrogen-bond acceptors (Lipinski definition) is 2. The van der Waals surface area contributed by atoms with Gasteiger partial charge in [-0.3, -0.25) is 5.01 Å². The molecular weight excluding hydrogens is 237 g/mol. The van der Waals surface area contributed by atoms with Crippen LogP contribution in [0, 0.1) is 5.82 Å². The van der Waals surface area contributed by atoms with Gasteiger partial charge in [-0.25, -0.2) is 9.82 Å². The lowest BCUT2D eigenvalue weighted by Crippen LogP contribution is -2.50. The van der Waals surface area contributed by atoms with Gasteiger partial charge in [0, 0.05) is 0 Å². The van der Waals surface area contributed by atoms with Gasteiger partial charge in [0.05, 0.1) is 5.69 Å². The molecule has 0 amide bonds. The third-order valence-corrected chi connectivity index (χ3v) is 3.45. The summed E-state index contributed by atoms with van der Waals surface area (Å²) >= 11 is 5.30. The Bertz CT molecular complexity index is 414. The van der Waals surface area contributed by atoms with Crippen molar-refractivity contribution in [3.63, 3.8) is 0 Å². The van der Waals surface area contributed by atoms with Crippen molar-refractivity contribution in [2.45, 2.75) is 32.4 Å². The number of hydrazine groups is 1. The third-order valence-electron chi connectivity index (χ3n) is 3.17. The molecule has 2 rings (SSSR count). The molecule has 0 aliphatic carbocycles. The number of rotatable bonds is 3. The van der Waals surface area contributed by atoms with E-state index in [1.807, 2.05) is 0 Å². The molecule has 0 atom stereocenters. The Labute approximate surface area is 106 Å². The van der Waals surface area contributed by atoms with Crippen molar-refractivity contribution in [1.82, 2.24) is 10.7 Å². The quantitative estimate of drug-likeness (QED) is 0.810. The van der Waals surface area contributed by atoms with Crippen molar-refractivity contribution in [1.29, 1.82) is 0 Å². The van der Waals surface area contributed by atoms with E-state index in [0.717, 1.165) is 18.5 Å². The molecular formula is C12H16FN3S. The van der Waals surface area contributed by atoms with E-state index in [1.54, 1.807) is 17.1 Å². The molecule has 0 bridgehead atoms. The minimum Gasteiger partial charge on any atom is -0.342 e. The van der Waals surface area contributed by atoms with Gasteiger partial charge in [0.25, 0.3) is 0 Å². The average molecular weight is 253 g/mol. The lowest BCUT2D eigenvalue weighted by molar-refractivity contribution is 0.315. The highest BCUT2D eigenvalue weighted by Crippen LogP contribution is 2.23. The lowest BCUT2D eigenvalue weighted by atomic mass is 10.1. The van der Waals surface area contributed by atoms with Crippen LogP contribution in [0.15, 0.2) is 24.3 Å². The van der Waals surface area contributed by atoms with Gasteiger partial charge in [-0.05, 0) is 49.3 Å². The van der Waals surface area contributed by atoms with Crippen molar-refractivity contribution in [2.24, 2.45) is 0 Å². The minimum atomic E-state index is -0.246. The smallest absolute Gasteiger partial charge is 0.189 e. The van der Waals surface area contributed by atoms with Crippen LogP contribution in [-0.2, 0) is 0 Å². The summed E-state index contributed by atoms with van der Waals surface area (Å²) in [5, 5.41) is 5.70. The molecule has 0 unspecified atom stereocenters. The molecule has 1 aliphatic rings. The van der Waals surface area contributed by atoms with Crippen LogP contribution in [0.25, 0.3) is 0 Å². The summed E-state index contributed by atoms with van der Waals surface area (Å²) in [5.41, 5.74) is 4.00. The van der Waals surface area contributed by atoms with Crippen molar-refractivity contribution in [3.05, 3.63) is 30.1 Å². The molecule has 92 valence electrons. The summed E-state index contributed by atoms with van der Waals surface area (Å²) in [4.78, 5) is 0. The largest absolute Gasteiger partial charge is 0.342 e. The summed E-state index contributed by atoms with van der Waals surface area (Å²) in [5.74, 6) is -0.246. The molecule has 0 radical (unpaired) electrons. The first-order valence-corrected chi connectivity index (χ1v) is 6.16. The number of halogens is 1. The van der Waals surface area contributed by atoms with Crippen LogP contribution in [0.2, 0.25) is 0 Å². The van der Waals surface area contributed by atoms with Crippen molar-refractivity contribution >= 4 is 23.0 Å². The van der Waals surface area contributed by atoms with E-state index in [0.29, 0.717) is 5.11 Å². The SMILES string of the molecule is CCC1(CC)NC(=S)N(c2ccc(F)cc2)N1. The fourth-order valence-electron chi connectivity index (χ4n) is 1.91. The molecule has 0 saturated carbocycles. The monoisotopic (exact) mass is 253 g/mol. The molecule has 0 aromatic heterocycles. The molecule has 1 saturated heterocycles. The van der Waals surface area contributed by atoms with Gasteiger partial charge in [-0.15, -0.1) is 0 Å². The molecule has 1 aromatic carbocycles. The Hall–Kier alpha value is -1.20. The normalized spacial score (nSPS) is 18.3. The summed E-state index contributed by atoms with van der Waals surface area (Å²) in [6.45, 7) is 4.19. The molecule has 17 heavy (non-hydrogen) atoms. The highest BCUT2D eigenvalue weighted by Gasteiger charge is 2.37. The van der Waals surface area contributed by atoms with Crippen LogP contribution in [0.1, 0.15) is 26.7 Å². The zero-order valence-corrected chi connectivity index (χ0v) is 10.8. The van der Waals surface area contributed by atoms with Crippen LogP contribution in [-0.4, -0.2) is 10.8 Å². The second kappa shape index (κ2) is 4.58. The Morgan fingerprint density at radius 1 is 1.24 bits per heavy atom. The first-order valence-electron chi connectivity index (χ1n) is 5.76. The highest BCUT2D eigenvalue weighted by molar-refractivity contribution is 7.80. The standard InChI is InChI=1S/C12H16FN3S/c1-3-12(4-2)14-11(17)16(15-12)10-7-5-9(13)6-8-10/h5-8,15H,3-4H2,1-2H3,(H,14,17). The van der Waals surface area contributed by atoms with Gasteiger partial charge in [0.1, 0.15) is 11.5 Å². The van der Waals surface area contributed by atoms with Gasteiger partial charge in [0.15, 0.2) is 5.11 Å². The molecule has 5 heteroatoms. The van der Waals surface area contributed by atoms with Crippen LogP contribution in [0.3, 0.4) is 0 Å². The van der Waals surface area contributed by atoms with Gasteiger partial charge in [-0.1, -0.05) is 13.8 Å². The van der Waals surface area contributed by atoms with E-state index in [-0.39, 0.29) is 11.5 Å². The van der Waals surface area contributed by atoms with Gasteiger partial charge in [-0.2, -0.15) is 0 Å².